The summed E-state index contributed by atoms with van der Waals surface area (Å²) in [6.07, 6.45) is -3.74. The van der Waals surface area contributed by atoms with Gasteiger partial charge < -0.3 is 15.4 Å². The summed E-state index contributed by atoms with van der Waals surface area (Å²) in [5.74, 6) is -0.939. The summed E-state index contributed by atoms with van der Waals surface area (Å²) in [6, 6.07) is 6.83. The van der Waals surface area contributed by atoms with E-state index in [-0.39, 0.29) is 23.7 Å². The summed E-state index contributed by atoms with van der Waals surface area (Å²) in [5, 5.41) is 5.91. The molecule has 2 aromatic rings. The molecule has 1 aliphatic rings. The van der Waals surface area contributed by atoms with Gasteiger partial charge in [-0.3, -0.25) is 4.79 Å². The van der Waals surface area contributed by atoms with Crippen LogP contribution in [0.15, 0.2) is 34.8 Å². The van der Waals surface area contributed by atoms with E-state index in [1.807, 2.05) is 6.07 Å². The van der Waals surface area contributed by atoms with E-state index in [0.29, 0.717) is 12.2 Å². The number of benzene rings is 2. The van der Waals surface area contributed by atoms with Gasteiger partial charge in [0, 0.05) is 22.3 Å². The van der Waals surface area contributed by atoms with Crippen molar-refractivity contribution in [2.24, 2.45) is 0 Å². The van der Waals surface area contributed by atoms with Crippen LogP contribution in [0.25, 0.3) is 0 Å². The Hall–Kier alpha value is -1.77. The van der Waals surface area contributed by atoms with E-state index in [0.717, 1.165) is 42.2 Å². The number of methoxy groups -OCH3 is 1. The molecule has 9 heteroatoms. The lowest BCUT2D eigenvalue weighted by molar-refractivity contribution is -0.138. The summed E-state index contributed by atoms with van der Waals surface area (Å²) in [7, 11) is 1.16. The van der Waals surface area contributed by atoms with E-state index < -0.39 is 17.6 Å². The van der Waals surface area contributed by atoms with Crippen molar-refractivity contribution in [1.82, 2.24) is 5.32 Å². The Bertz CT molecular complexity index is 859. The molecule has 0 bridgehead atoms. The van der Waals surface area contributed by atoms with Gasteiger partial charge >= 0.3 is 6.18 Å². The molecule has 146 valence electrons. The van der Waals surface area contributed by atoms with Crippen molar-refractivity contribution >= 4 is 39.9 Å². The molecule has 2 aromatic carbocycles. The van der Waals surface area contributed by atoms with Crippen LogP contribution < -0.4 is 15.4 Å². The number of rotatable bonds is 3. The zero-order chi connectivity index (χ0) is 18.9. The van der Waals surface area contributed by atoms with Gasteiger partial charge in [-0.15, -0.1) is 12.4 Å². The molecular formula is C18H17BrClF3N2O2. The Balaban J connectivity index is 0.00000261. The summed E-state index contributed by atoms with van der Waals surface area (Å²) < 4.78 is 45.0. The zero-order valence-electron chi connectivity index (χ0n) is 14.2. The van der Waals surface area contributed by atoms with Crippen LogP contribution in [0.4, 0.5) is 18.9 Å². The van der Waals surface area contributed by atoms with Crippen molar-refractivity contribution in [2.75, 3.05) is 19.0 Å². The molecular weight excluding hydrogens is 449 g/mol. The predicted molar refractivity (Wildman–Crippen MR) is 103 cm³/mol. The molecule has 0 aliphatic carbocycles. The van der Waals surface area contributed by atoms with Crippen molar-refractivity contribution in [1.29, 1.82) is 0 Å². The molecule has 0 saturated carbocycles. The maximum atomic E-state index is 13.1. The number of nitrogens with one attached hydrogen (secondary N) is 2. The first-order chi connectivity index (χ1) is 12.3. The third-order valence-electron chi connectivity index (χ3n) is 4.18. The second-order valence-corrected chi connectivity index (χ2v) is 6.74. The predicted octanol–water partition coefficient (Wildman–Crippen LogP) is 4.80. The van der Waals surface area contributed by atoms with Crippen LogP contribution >= 0.6 is 28.3 Å². The van der Waals surface area contributed by atoms with Gasteiger partial charge in [0.05, 0.1) is 12.7 Å². The van der Waals surface area contributed by atoms with E-state index in [4.69, 9.17) is 4.74 Å². The fourth-order valence-electron chi connectivity index (χ4n) is 2.91. The zero-order valence-corrected chi connectivity index (χ0v) is 16.6. The molecule has 2 N–H and O–H groups in total. The first-order valence-corrected chi connectivity index (χ1v) is 8.67. The number of hydrogen-bond acceptors (Lipinski definition) is 3. The van der Waals surface area contributed by atoms with Crippen molar-refractivity contribution < 1.29 is 22.7 Å². The number of amides is 1. The van der Waals surface area contributed by atoms with Crippen LogP contribution in [-0.2, 0) is 19.1 Å². The fraction of sp³-hybridized carbons (Fsp3) is 0.278. The van der Waals surface area contributed by atoms with Gasteiger partial charge in [-0.2, -0.15) is 13.2 Å². The molecule has 0 aromatic heterocycles. The molecule has 1 amide bonds. The lowest BCUT2D eigenvalue weighted by atomic mass is 10.0. The Labute approximate surface area is 169 Å². The van der Waals surface area contributed by atoms with Crippen molar-refractivity contribution in [2.45, 2.75) is 19.1 Å². The highest BCUT2D eigenvalue weighted by Crippen LogP contribution is 2.37. The lowest BCUT2D eigenvalue weighted by Crippen LogP contribution is -2.24. The number of fused-ring (bicyclic) bond motifs is 1. The van der Waals surface area contributed by atoms with Crippen LogP contribution in [0, 0.1) is 0 Å². The number of hydrogen-bond donors (Lipinski definition) is 2. The molecule has 0 unspecified atom stereocenters. The number of ether oxygens (including phenoxy) is 1. The molecule has 3 rings (SSSR count). The number of alkyl halides is 3. The quantitative estimate of drug-likeness (QED) is 0.685. The maximum Gasteiger partial charge on any atom is 0.419 e. The van der Waals surface area contributed by atoms with E-state index in [2.05, 4.69) is 26.6 Å². The Morgan fingerprint density at radius 2 is 2.00 bits per heavy atom. The second-order valence-electron chi connectivity index (χ2n) is 5.89. The molecule has 27 heavy (non-hydrogen) atoms. The standard InChI is InChI=1S/C18H16BrF3N2O2.ClH/c1-26-16-3-2-10(7-14(16)18(20,21)22)17(25)24-12-6-11-9-23-5-4-13(11)15(19)8-12;/h2-3,6-8,23H,4-5,9H2,1H3,(H,24,25);1H. The van der Waals surface area contributed by atoms with Crippen LogP contribution in [0.3, 0.4) is 0 Å². The third-order valence-corrected chi connectivity index (χ3v) is 4.89. The molecule has 0 radical (unpaired) electrons. The van der Waals surface area contributed by atoms with Gasteiger partial charge in [-0.1, -0.05) is 15.9 Å². The van der Waals surface area contributed by atoms with Gasteiger partial charge in [-0.25, -0.2) is 0 Å². The smallest absolute Gasteiger partial charge is 0.419 e. The average molecular weight is 466 g/mol. The summed E-state index contributed by atoms with van der Waals surface area (Å²) in [5.41, 5.74) is 1.67. The molecule has 1 aliphatic heterocycles. The first-order valence-electron chi connectivity index (χ1n) is 7.88. The Morgan fingerprint density at radius 3 is 2.67 bits per heavy atom. The summed E-state index contributed by atoms with van der Waals surface area (Å²) >= 11 is 3.49. The molecule has 1 heterocycles. The highest BCUT2D eigenvalue weighted by atomic mass is 79.9. The number of anilines is 1. The number of carbonyl (C=O) groups excluding carboxylic acids is 1. The Morgan fingerprint density at radius 1 is 1.26 bits per heavy atom. The van der Waals surface area contributed by atoms with E-state index in [1.54, 1.807) is 6.07 Å². The number of halogens is 5. The van der Waals surface area contributed by atoms with Gasteiger partial charge in [0.1, 0.15) is 5.75 Å². The van der Waals surface area contributed by atoms with Gasteiger partial charge in [-0.05, 0) is 54.4 Å². The topological polar surface area (TPSA) is 50.4 Å². The Kier molecular flexibility index (Phi) is 6.77. The van der Waals surface area contributed by atoms with Gasteiger partial charge in [0.15, 0.2) is 0 Å². The molecule has 0 atom stereocenters. The fourth-order valence-corrected chi connectivity index (χ4v) is 3.61. The van der Waals surface area contributed by atoms with Crippen molar-refractivity contribution in [3.63, 3.8) is 0 Å². The summed E-state index contributed by atoms with van der Waals surface area (Å²) in [6.45, 7) is 1.56. The van der Waals surface area contributed by atoms with Gasteiger partial charge in [0.2, 0.25) is 0 Å². The van der Waals surface area contributed by atoms with Crippen LogP contribution in [-0.4, -0.2) is 19.6 Å². The normalized spacial score (nSPS) is 13.4. The van der Waals surface area contributed by atoms with E-state index in [1.165, 1.54) is 11.6 Å². The highest BCUT2D eigenvalue weighted by Gasteiger charge is 2.35. The minimum absolute atomic E-state index is 0. The maximum absolute atomic E-state index is 13.1. The monoisotopic (exact) mass is 464 g/mol. The minimum atomic E-state index is -4.61. The second kappa shape index (κ2) is 8.50. The molecule has 0 saturated heterocycles. The molecule has 4 nitrogen and oxygen atoms in total. The number of carbonyl (C=O) groups is 1. The molecule has 0 spiro atoms. The van der Waals surface area contributed by atoms with Gasteiger partial charge in [0.25, 0.3) is 5.91 Å². The van der Waals surface area contributed by atoms with Crippen LogP contribution in [0.2, 0.25) is 0 Å². The summed E-state index contributed by atoms with van der Waals surface area (Å²) in [4.78, 5) is 12.4. The highest BCUT2D eigenvalue weighted by molar-refractivity contribution is 9.10. The third kappa shape index (κ3) is 4.75. The minimum Gasteiger partial charge on any atom is -0.496 e. The average Bonchev–Trinajstić information content (AvgIpc) is 2.60. The SMILES string of the molecule is COc1ccc(C(=O)Nc2cc(Br)c3c(c2)CNCC3)cc1C(F)(F)F.Cl. The largest absolute Gasteiger partial charge is 0.496 e. The first kappa shape index (κ1) is 21.5. The van der Waals surface area contributed by atoms with Crippen molar-refractivity contribution in [3.8, 4) is 5.75 Å². The van der Waals surface area contributed by atoms with E-state index in [9.17, 15) is 18.0 Å². The van der Waals surface area contributed by atoms with Crippen LogP contribution in [0.5, 0.6) is 5.75 Å². The van der Waals surface area contributed by atoms with Crippen molar-refractivity contribution in [3.05, 3.63) is 57.1 Å². The van der Waals surface area contributed by atoms with E-state index >= 15 is 0 Å². The van der Waals surface area contributed by atoms with Crippen LogP contribution in [0.1, 0.15) is 27.0 Å². The molecule has 0 fully saturated rings. The lowest BCUT2D eigenvalue weighted by Gasteiger charge is -2.20.